The minimum Gasteiger partial charge on any atom is -0.487 e. The first kappa shape index (κ1) is 12.5. The molecule has 0 saturated carbocycles. The molecule has 0 atom stereocenters. The second-order valence-electron chi connectivity index (χ2n) is 4.12. The lowest BCUT2D eigenvalue weighted by atomic mass is 10.2. The zero-order valence-corrected chi connectivity index (χ0v) is 11.2. The zero-order valence-electron chi connectivity index (χ0n) is 10.4. The van der Waals surface area contributed by atoms with Crippen molar-refractivity contribution in [2.24, 2.45) is 10.9 Å². The maximum atomic E-state index is 8.58. The van der Waals surface area contributed by atoms with Gasteiger partial charge in [-0.15, -0.1) is 11.3 Å². The van der Waals surface area contributed by atoms with E-state index in [-0.39, 0.29) is 5.84 Å². The molecule has 0 aliphatic rings. The molecule has 2 heterocycles. The molecule has 1 aromatic carbocycles. The standard InChI is InChI=1S/C13H12N4O2S/c14-12(16-18)9-1-3-11(4-2-9)19-8-10-7-17-5-6-20-13(17)15-10/h1-7,18H,8H2,(H2,14,16). The Bertz CT molecular complexity index is 717. The molecular formula is C13H12N4O2S. The molecule has 6 nitrogen and oxygen atoms in total. The van der Waals surface area contributed by atoms with Crippen LogP contribution in [0.3, 0.4) is 0 Å². The van der Waals surface area contributed by atoms with Gasteiger partial charge in [-0.25, -0.2) is 4.98 Å². The number of rotatable bonds is 4. The normalized spacial score (nSPS) is 11.9. The number of fused-ring (bicyclic) bond motifs is 1. The largest absolute Gasteiger partial charge is 0.487 e. The van der Waals surface area contributed by atoms with Crippen LogP contribution in [-0.2, 0) is 6.61 Å². The van der Waals surface area contributed by atoms with E-state index in [1.165, 1.54) is 0 Å². The molecule has 0 radical (unpaired) electrons. The van der Waals surface area contributed by atoms with Crippen molar-refractivity contribution in [1.29, 1.82) is 0 Å². The Hall–Kier alpha value is -2.54. The van der Waals surface area contributed by atoms with Crippen LogP contribution in [0, 0.1) is 0 Å². The summed E-state index contributed by atoms with van der Waals surface area (Å²) in [6.07, 6.45) is 3.90. The van der Waals surface area contributed by atoms with Gasteiger partial charge in [-0.3, -0.25) is 4.40 Å². The van der Waals surface area contributed by atoms with Crippen LogP contribution in [0.5, 0.6) is 5.75 Å². The van der Waals surface area contributed by atoms with Crippen molar-refractivity contribution in [1.82, 2.24) is 9.38 Å². The number of oxime groups is 1. The molecule has 0 unspecified atom stereocenters. The summed E-state index contributed by atoms with van der Waals surface area (Å²) in [4.78, 5) is 5.38. The smallest absolute Gasteiger partial charge is 0.193 e. The van der Waals surface area contributed by atoms with Crippen LogP contribution in [-0.4, -0.2) is 20.4 Å². The molecule has 3 aromatic rings. The molecule has 3 rings (SSSR count). The van der Waals surface area contributed by atoms with Gasteiger partial charge in [0.1, 0.15) is 12.4 Å². The number of amidine groups is 1. The number of benzene rings is 1. The van der Waals surface area contributed by atoms with Gasteiger partial charge in [-0.05, 0) is 24.3 Å². The molecule has 0 fully saturated rings. The van der Waals surface area contributed by atoms with Crippen molar-refractivity contribution in [3.8, 4) is 5.75 Å². The van der Waals surface area contributed by atoms with Crippen molar-refractivity contribution >= 4 is 22.1 Å². The highest BCUT2D eigenvalue weighted by atomic mass is 32.1. The van der Waals surface area contributed by atoms with E-state index in [4.69, 9.17) is 15.7 Å². The fourth-order valence-electron chi connectivity index (χ4n) is 1.78. The summed E-state index contributed by atoms with van der Waals surface area (Å²) in [5, 5.41) is 13.5. The lowest BCUT2D eigenvalue weighted by Gasteiger charge is -2.05. The lowest BCUT2D eigenvalue weighted by Crippen LogP contribution is -2.12. The fraction of sp³-hybridized carbons (Fsp3) is 0.0769. The van der Waals surface area contributed by atoms with Gasteiger partial charge in [-0.2, -0.15) is 0 Å². The van der Waals surface area contributed by atoms with E-state index in [0.717, 1.165) is 10.7 Å². The van der Waals surface area contributed by atoms with E-state index in [9.17, 15) is 0 Å². The Morgan fingerprint density at radius 1 is 1.40 bits per heavy atom. The van der Waals surface area contributed by atoms with E-state index < -0.39 is 0 Å². The Morgan fingerprint density at radius 3 is 2.90 bits per heavy atom. The molecule has 0 aliphatic carbocycles. The molecule has 3 N–H and O–H groups in total. The highest BCUT2D eigenvalue weighted by molar-refractivity contribution is 7.15. The number of nitrogens with two attached hydrogens (primary N) is 1. The van der Waals surface area contributed by atoms with Crippen molar-refractivity contribution < 1.29 is 9.94 Å². The van der Waals surface area contributed by atoms with E-state index in [1.807, 2.05) is 22.2 Å². The van der Waals surface area contributed by atoms with Crippen LogP contribution >= 0.6 is 11.3 Å². The quantitative estimate of drug-likeness (QED) is 0.333. The summed E-state index contributed by atoms with van der Waals surface area (Å²) in [6, 6.07) is 7.00. The average Bonchev–Trinajstić information content (AvgIpc) is 3.06. The number of ether oxygens (including phenoxy) is 1. The summed E-state index contributed by atoms with van der Waals surface area (Å²) in [5.74, 6) is 0.779. The Balaban J connectivity index is 1.67. The number of thiazole rings is 1. The first-order valence-corrected chi connectivity index (χ1v) is 6.76. The maximum Gasteiger partial charge on any atom is 0.193 e. The number of imidazole rings is 1. The van der Waals surface area contributed by atoms with Crippen molar-refractivity contribution in [3.05, 3.63) is 53.3 Å². The van der Waals surface area contributed by atoms with E-state index in [0.29, 0.717) is 17.9 Å². The molecule has 102 valence electrons. The third-order valence-electron chi connectivity index (χ3n) is 2.79. The van der Waals surface area contributed by atoms with Gasteiger partial charge in [0, 0.05) is 23.3 Å². The van der Waals surface area contributed by atoms with Crippen LogP contribution in [0.25, 0.3) is 4.96 Å². The topological polar surface area (TPSA) is 85.1 Å². The Labute approximate surface area is 118 Å². The predicted octanol–water partition coefficient (Wildman–Crippen LogP) is 2.07. The van der Waals surface area contributed by atoms with Gasteiger partial charge in [0.2, 0.25) is 0 Å². The Kier molecular flexibility index (Phi) is 3.26. The van der Waals surface area contributed by atoms with E-state index >= 15 is 0 Å². The molecular weight excluding hydrogens is 276 g/mol. The second kappa shape index (κ2) is 5.22. The minimum atomic E-state index is 0.0749. The molecule has 2 aromatic heterocycles. The molecule has 20 heavy (non-hydrogen) atoms. The molecule has 0 aliphatic heterocycles. The highest BCUT2D eigenvalue weighted by Gasteiger charge is 2.04. The predicted molar refractivity (Wildman–Crippen MR) is 76.4 cm³/mol. The number of hydrogen-bond acceptors (Lipinski definition) is 5. The minimum absolute atomic E-state index is 0.0749. The molecule has 0 bridgehead atoms. The molecule has 0 spiro atoms. The summed E-state index contributed by atoms with van der Waals surface area (Å²) in [6.45, 7) is 0.400. The van der Waals surface area contributed by atoms with Crippen LogP contribution < -0.4 is 10.5 Å². The van der Waals surface area contributed by atoms with Gasteiger partial charge in [0.25, 0.3) is 0 Å². The zero-order chi connectivity index (χ0) is 13.9. The van der Waals surface area contributed by atoms with E-state index in [1.54, 1.807) is 35.6 Å². The van der Waals surface area contributed by atoms with Crippen molar-refractivity contribution in [3.63, 3.8) is 0 Å². The second-order valence-corrected chi connectivity index (χ2v) is 5.00. The van der Waals surface area contributed by atoms with Crippen LogP contribution in [0.4, 0.5) is 0 Å². The summed E-state index contributed by atoms with van der Waals surface area (Å²) in [7, 11) is 0. The number of hydrogen-bond donors (Lipinski definition) is 2. The van der Waals surface area contributed by atoms with Gasteiger partial charge in [-0.1, -0.05) is 5.16 Å². The summed E-state index contributed by atoms with van der Waals surface area (Å²) in [5.41, 5.74) is 7.00. The van der Waals surface area contributed by atoms with Crippen molar-refractivity contribution in [2.75, 3.05) is 0 Å². The molecule has 0 amide bonds. The van der Waals surface area contributed by atoms with Gasteiger partial charge in [0.05, 0.1) is 5.69 Å². The molecule has 0 saturated heterocycles. The number of nitrogens with zero attached hydrogens (tertiary/aromatic N) is 3. The first-order valence-electron chi connectivity index (χ1n) is 5.88. The Morgan fingerprint density at radius 2 is 2.20 bits per heavy atom. The first-order chi connectivity index (χ1) is 9.76. The van der Waals surface area contributed by atoms with Gasteiger partial charge >= 0.3 is 0 Å². The summed E-state index contributed by atoms with van der Waals surface area (Å²) < 4.78 is 7.61. The number of aromatic nitrogens is 2. The third kappa shape index (κ3) is 2.43. The van der Waals surface area contributed by atoms with Crippen molar-refractivity contribution in [2.45, 2.75) is 6.61 Å². The summed E-state index contributed by atoms with van der Waals surface area (Å²) >= 11 is 1.58. The van der Waals surface area contributed by atoms with E-state index in [2.05, 4.69) is 10.1 Å². The third-order valence-corrected chi connectivity index (χ3v) is 3.56. The van der Waals surface area contributed by atoms with Gasteiger partial charge in [0.15, 0.2) is 10.8 Å². The maximum absolute atomic E-state index is 8.58. The lowest BCUT2D eigenvalue weighted by molar-refractivity contribution is 0.302. The monoisotopic (exact) mass is 288 g/mol. The van der Waals surface area contributed by atoms with Crippen LogP contribution in [0.2, 0.25) is 0 Å². The molecule has 7 heteroatoms. The highest BCUT2D eigenvalue weighted by Crippen LogP contribution is 2.16. The van der Waals surface area contributed by atoms with Gasteiger partial charge < -0.3 is 15.7 Å². The average molecular weight is 288 g/mol. The van der Waals surface area contributed by atoms with Crippen LogP contribution in [0.1, 0.15) is 11.3 Å². The van der Waals surface area contributed by atoms with Crippen LogP contribution in [0.15, 0.2) is 47.2 Å². The SMILES string of the molecule is N/C(=N/O)c1ccc(OCc2cn3ccsc3n2)cc1. The fourth-order valence-corrected chi connectivity index (χ4v) is 2.50.